The van der Waals surface area contributed by atoms with Crippen LogP contribution in [-0.2, 0) is 7.05 Å². The molecule has 0 aliphatic carbocycles. The van der Waals surface area contributed by atoms with Crippen molar-refractivity contribution in [1.82, 2.24) is 9.78 Å². The number of benzene rings is 1. The Labute approximate surface area is 86.6 Å². The van der Waals surface area contributed by atoms with Gasteiger partial charge in [-0.15, -0.1) is 0 Å². The number of phenolic OH excluding ortho intramolecular Hbond substituents is 1. The first-order chi connectivity index (χ1) is 6.66. The van der Waals surface area contributed by atoms with Gasteiger partial charge in [-0.3, -0.25) is 4.68 Å². The van der Waals surface area contributed by atoms with Crippen LogP contribution in [0.15, 0.2) is 30.3 Å². The Morgan fingerprint density at radius 3 is 2.71 bits per heavy atom. The number of nitrogens with zero attached hydrogens (tertiary/aromatic N) is 2. The van der Waals surface area contributed by atoms with Crippen molar-refractivity contribution >= 4 is 11.6 Å². The van der Waals surface area contributed by atoms with Gasteiger partial charge in [0.25, 0.3) is 0 Å². The van der Waals surface area contributed by atoms with E-state index < -0.39 is 0 Å². The first-order valence-corrected chi connectivity index (χ1v) is 4.53. The molecule has 0 aliphatic heterocycles. The minimum Gasteiger partial charge on any atom is -0.508 e. The predicted molar refractivity (Wildman–Crippen MR) is 55.3 cm³/mol. The molecule has 0 radical (unpaired) electrons. The summed E-state index contributed by atoms with van der Waals surface area (Å²) in [5, 5.41) is 13.8. The predicted octanol–water partition coefficient (Wildman–Crippen LogP) is 2.45. The standard InChI is InChI=1S/C10H9ClN2O/c1-13-9(6-10(11)12-13)7-3-2-4-8(14)5-7/h2-6,14H,1H3. The summed E-state index contributed by atoms with van der Waals surface area (Å²) in [6.45, 7) is 0. The van der Waals surface area contributed by atoms with E-state index in [1.165, 1.54) is 0 Å². The third-order valence-corrected chi connectivity index (χ3v) is 2.18. The van der Waals surface area contributed by atoms with E-state index in [1.54, 1.807) is 28.9 Å². The average molecular weight is 209 g/mol. The van der Waals surface area contributed by atoms with Crippen LogP contribution >= 0.6 is 11.6 Å². The smallest absolute Gasteiger partial charge is 0.151 e. The van der Waals surface area contributed by atoms with Gasteiger partial charge in [-0.2, -0.15) is 5.10 Å². The lowest BCUT2D eigenvalue weighted by Crippen LogP contribution is -1.92. The first kappa shape index (κ1) is 9.09. The molecule has 0 saturated carbocycles. The Bertz CT molecular complexity index is 465. The van der Waals surface area contributed by atoms with E-state index in [0.29, 0.717) is 5.15 Å². The fraction of sp³-hybridized carbons (Fsp3) is 0.100. The average Bonchev–Trinajstić information content (AvgIpc) is 2.45. The van der Waals surface area contributed by atoms with Crippen LogP contribution in [0.25, 0.3) is 11.3 Å². The van der Waals surface area contributed by atoms with Gasteiger partial charge >= 0.3 is 0 Å². The number of hydrogen-bond donors (Lipinski definition) is 1. The normalized spacial score (nSPS) is 10.4. The maximum atomic E-state index is 9.31. The fourth-order valence-corrected chi connectivity index (χ4v) is 1.58. The number of hydrogen-bond acceptors (Lipinski definition) is 2. The van der Waals surface area contributed by atoms with E-state index in [2.05, 4.69) is 5.10 Å². The Morgan fingerprint density at radius 2 is 2.14 bits per heavy atom. The Morgan fingerprint density at radius 1 is 1.36 bits per heavy atom. The van der Waals surface area contributed by atoms with Crippen molar-refractivity contribution in [1.29, 1.82) is 0 Å². The molecule has 1 heterocycles. The second-order valence-corrected chi connectivity index (χ2v) is 3.41. The lowest BCUT2D eigenvalue weighted by molar-refractivity contribution is 0.475. The van der Waals surface area contributed by atoms with Crippen molar-refractivity contribution in [2.75, 3.05) is 0 Å². The molecule has 1 aromatic carbocycles. The molecule has 1 aromatic heterocycles. The van der Waals surface area contributed by atoms with Crippen molar-refractivity contribution in [2.45, 2.75) is 0 Å². The quantitative estimate of drug-likeness (QED) is 0.782. The van der Waals surface area contributed by atoms with Gasteiger partial charge in [-0.25, -0.2) is 0 Å². The van der Waals surface area contributed by atoms with Crippen LogP contribution in [0.3, 0.4) is 0 Å². The highest BCUT2D eigenvalue weighted by Gasteiger charge is 2.05. The summed E-state index contributed by atoms with van der Waals surface area (Å²) in [6.07, 6.45) is 0. The minimum absolute atomic E-state index is 0.236. The molecule has 0 bridgehead atoms. The van der Waals surface area contributed by atoms with Crippen LogP contribution in [0.5, 0.6) is 5.75 Å². The van der Waals surface area contributed by atoms with Gasteiger partial charge in [0.15, 0.2) is 5.15 Å². The third-order valence-electron chi connectivity index (χ3n) is 1.99. The summed E-state index contributed by atoms with van der Waals surface area (Å²) in [7, 11) is 1.81. The van der Waals surface area contributed by atoms with E-state index in [0.717, 1.165) is 11.3 Å². The second-order valence-electron chi connectivity index (χ2n) is 3.03. The van der Waals surface area contributed by atoms with Crippen LogP contribution in [0.2, 0.25) is 5.15 Å². The van der Waals surface area contributed by atoms with E-state index in [4.69, 9.17) is 11.6 Å². The van der Waals surface area contributed by atoms with Crippen LogP contribution in [0.1, 0.15) is 0 Å². The lowest BCUT2D eigenvalue weighted by atomic mass is 10.1. The Kier molecular flexibility index (Phi) is 2.17. The third kappa shape index (κ3) is 1.59. The van der Waals surface area contributed by atoms with Gasteiger partial charge in [-0.1, -0.05) is 23.7 Å². The monoisotopic (exact) mass is 208 g/mol. The highest BCUT2D eigenvalue weighted by atomic mass is 35.5. The molecular formula is C10H9ClN2O. The number of aromatic nitrogens is 2. The van der Waals surface area contributed by atoms with Crippen LogP contribution in [0.4, 0.5) is 0 Å². The molecular weight excluding hydrogens is 200 g/mol. The van der Waals surface area contributed by atoms with E-state index in [1.807, 2.05) is 13.1 Å². The molecule has 14 heavy (non-hydrogen) atoms. The van der Waals surface area contributed by atoms with E-state index >= 15 is 0 Å². The summed E-state index contributed by atoms with van der Waals surface area (Å²) in [6, 6.07) is 8.74. The molecule has 0 fully saturated rings. The van der Waals surface area contributed by atoms with Gasteiger partial charge in [0.1, 0.15) is 5.75 Å². The van der Waals surface area contributed by atoms with Crippen molar-refractivity contribution in [3.8, 4) is 17.0 Å². The highest BCUT2D eigenvalue weighted by Crippen LogP contribution is 2.24. The maximum Gasteiger partial charge on any atom is 0.151 e. The van der Waals surface area contributed by atoms with Crippen LogP contribution in [-0.4, -0.2) is 14.9 Å². The lowest BCUT2D eigenvalue weighted by Gasteiger charge is -2.01. The number of halogens is 1. The first-order valence-electron chi connectivity index (χ1n) is 4.16. The zero-order chi connectivity index (χ0) is 10.1. The molecule has 1 N–H and O–H groups in total. The summed E-state index contributed by atoms with van der Waals surface area (Å²) in [5.74, 6) is 0.236. The molecule has 2 aromatic rings. The molecule has 0 unspecified atom stereocenters. The topological polar surface area (TPSA) is 38.0 Å². The fourth-order valence-electron chi connectivity index (χ4n) is 1.37. The van der Waals surface area contributed by atoms with Crippen molar-refractivity contribution in [3.05, 3.63) is 35.5 Å². The summed E-state index contributed by atoms with van der Waals surface area (Å²) in [4.78, 5) is 0. The Hall–Kier alpha value is -1.48. The van der Waals surface area contributed by atoms with E-state index in [-0.39, 0.29) is 5.75 Å². The van der Waals surface area contributed by atoms with Crippen molar-refractivity contribution < 1.29 is 5.11 Å². The zero-order valence-corrected chi connectivity index (χ0v) is 8.36. The molecule has 2 rings (SSSR count). The highest BCUT2D eigenvalue weighted by molar-refractivity contribution is 6.29. The van der Waals surface area contributed by atoms with Crippen molar-refractivity contribution in [2.24, 2.45) is 7.05 Å². The largest absolute Gasteiger partial charge is 0.508 e. The van der Waals surface area contributed by atoms with Gasteiger partial charge in [-0.05, 0) is 12.1 Å². The molecule has 3 nitrogen and oxygen atoms in total. The summed E-state index contributed by atoms with van der Waals surface area (Å²) >= 11 is 5.76. The van der Waals surface area contributed by atoms with Gasteiger partial charge in [0.2, 0.25) is 0 Å². The molecule has 0 saturated heterocycles. The molecule has 0 atom stereocenters. The molecule has 0 amide bonds. The van der Waals surface area contributed by atoms with Crippen LogP contribution in [0, 0.1) is 0 Å². The Balaban J connectivity index is 2.54. The summed E-state index contributed by atoms with van der Waals surface area (Å²) < 4.78 is 1.68. The SMILES string of the molecule is Cn1nc(Cl)cc1-c1cccc(O)c1. The molecule has 72 valence electrons. The second kappa shape index (κ2) is 3.35. The van der Waals surface area contributed by atoms with E-state index in [9.17, 15) is 5.11 Å². The van der Waals surface area contributed by atoms with Gasteiger partial charge < -0.3 is 5.11 Å². The van der Waals surface area contributed by atoms with Gasteiger partial charge in [0, 0.05) is 18.7 Å². The minimum atomic E-state index is 0.236. The summed E-state index contributed by atoms with van der Waals surface area (Å²) in [5.41, 5.74) is 1.78. The number of phenols is 1. The van der Waals surface area contributed by atoms with Gasteiger partial charge in [0.05, 0.1) is 5.69 Å². The van der Waals surface area contributed by atoms with Crippen LogP contribution < -0.4 is 0 Å². The number of aryl methyl sites for hydroxylation is 1. The maximum absolute atomic E-state index is 9.31. The molecule has 0 aliphatic rings. The number of aromatic hydroxyl groups is 1. The van der Waals surface area contributed by atoms with Crippen molar-refractivity contribution in [3.63, 3.8) is 0 Å². The molecule has 0 spiro atoms. The number of rotatable bonds is 1. The molecule has 4 heteroatoms. The zero-order valence-electron chi connectivity index (χ0n) is 7.61.